The highest BCUT2D eigenvalue weighted by Crippen LogP contribution is 2.23. The molecule has 1 aromatic heterocycles. The van der Waals surface area contributed by atoms with Gasteiger partial charge in [-0.25, -0.2) is 0 Å². The number of hydrogen-bond acceptors (Lipinski definition) is 4. The molecule has 2 heterocycles. The number of hydrogen-bond donors (Lipinski definition) is 1. The number of aliphatic hydroxyl groups is 1. The van der Waals surface area contributed by atoms with Crippen LogP contribution in [-0.4, -0.2) is 34.6 Å². The van der Waals surface area contributed by atoms with Crippen LogP contribution in [0.15, 0.2) is 16.5 Å². The minimum Gasteiger partial charge on any atom is -0.462 e. The highest BCUT2D eigenvalue weighted by atomic mass is 32.2. The van der Waals surface area contributed by atoms with Gasteiger partial charge >= 0.3 is 0 Å². The smallest absolute Gasteiger partial charge is 0.129 e. The average molecular weight is 241 g/mol. The van der Waals surface area contributed by atoms with E-state index in [0.29, 0.717) is 11.8 Å². The molecular formula is C12H19NO2S. The normalized spacial score (nSPS) is 21.8. The van der Waals surface area contributed by atoms with Crippen molar-refractivity contribution in [2.75, 3.05) is 18.6 Å². The molecule has 1 aliphatic rings. The minimum atomic E-state index is -0.00571. The van der Waals surface area contributed by atoms with Gasteiger partial charge < -0.3 is 9.52 Å². The van der Waals surface area contributed by atoms with Crippen molar-refractivity contribution in [3.05, 3.63) is 23.7 Å². The van der Waals surface area contributed by atoms with E-state index in [0.717, 1.165) is 12.3 Å². The molecule has 1 atom stereocenters. The van der Waals surface area contributed by atoms with Crippen molar-refractivity contribution in [1.82, 2.24) is 4.90 Å². The van der Waals surface area contributed by atoms with Crippen molar-refractivity contribution < 1.29 is 9.52 Å². The summed E-state index contributed by atoms with van der Waals surface area (Å²) in [6.07, 6.45) is 4.75. The van der Waals surface area contributed by atoms with Gasteiger partial charge in [-0.3, -0.25) is 4.90 Å². The molecule has 0 bridgehead atoms. The van der Waals surface area contributed by atoms with E-state index in [9.17, 15) is 0 Å². The number of nitrogens with zero attached hydrogens (tertiary/aromatic N) is 1. The lowest BCUT2D eigenvalue weighted by atomic mass is 10.2. The van der Waals surface area contributed by atoms with Gasteiger partial charge in [0.25, 0.3) is 0 Å². The van der Waals surface area contributed by atoms with E-state index in [1.165, 1.54) is 25.1 Å². The zero-order valence-electron chi connectivity index (χ0n) is 9.69. The summed E-state index contributed by atoms with van der Waals surface area (Å²) in [5.74, 6) is 2.83. The Labute approximate surface area is 101 Å². The van der Waals surface area contributed by atoms with E-state index in [-0.39, 0.29) is 6.61 Å². The second-order valence-electron chi connectivity index (χ2n) is 4.25. The van der Waals surface area contributed by atoms with Gasteiger partial charge in [-0.1, -0.05) is 0 Å². The third-order valence-electron chi connectivity index (χ3n) is 3.09. The van der Waals surface area contributed by atoms with Crippen molar-refractivity contribution in [3.63, 3.8) is 0 Å². The molecule has 1 unspecified atom stereocenters. The third kappa shape index (κ3) is 2.81. The maximum Gasteiger partial charge on any atom is 0.129 e. The Morgan fingerprint density at radius 2 is 2.31 bits per heavy atom. The van der Waals surface area contributed by atoms with Crippen LogP contribution in [0.2, 0.25) is 0 Å². The Balaban J connectivity index is 1.92. The van der Waals surface area contributed by atoms with Crippen molar-refractivity contribution >= 4 is 11.8 Å². The van der Waals surface area contributed by atoms with Crippen molar-refractivity contribution in [2.24, 2.45) is 0 Å². The SMILES string of the molecule is CSCC1CCCN1Cc1ccc(CO)o1. The predicted octanol–water partition coefficient (Wildman–Crippen LogP) is 2.10. The van der Waals surface area contributed by atoms with Crippen LogP contribution in [0.5, 0.6) is 0 Å². The average Bonchev–Trinajstić information content (AvgIpc) is 2.90. The Morgan fingerprint density at radius 3 is 3.00 bits per heavy atom. The van der Waals surface area contributed by atoms with E-state index in [2.05, 4.69) is 11.2 Å². The summed E-state index contributed by atoms with van der Waals surface area (Å²) in [7, 11) is 0. The lowest BCUT2D eigenvalue weighted by Gasteiger charge is -2.22. The molecule has 0 amide bonds. The second kappa shape index (κ2) is 5.75. The summed E-state index contributed by atoms with van der Waals surface area (Å²) in [5.41, 5.74) is 0. The molecular weight excluding hydrogens is 222 g/mol. The standard InChI is InChI=1S/C12H19NO2S/c1-16-9-10-3-2-6-13(10)7-11-4-5-12(8-14)15-11/h4-5,10,14H,2-3,6-9H2,1H3. The fraction of sp³-hybridized carbons (Fsp3) is 0.667. The number of furan rings is 1. The molecule has 0 aliphatic carbocycles. The van der Waals surface area contributed by atoms with Crippen LogP contribution in [0.1, 0.15) is 24.4 Å². The monoisotopic (exact) mass is 241 g/mol. The van der Waals surface area contributed by atoms with Gasteiger partial charge in [-0.2, -0.15) is 11.8 Å². The maximum atomic E-state index is 8.94. The Hall–Kier alpha value is -0.450. The lowest BCUT2D eigenvalue weighted by molar-refractivity contribution is 0.217. The molecule has 2 rings (SSSR count). The molecule has 0 saturated carbocycles. The summed E-state index contributed by atoms with van der Waals surface area (Å²) in [6, 6.07) is 4.52. The quantitative estimate of drug-likeness (QED) is 0.856. The van der Waals surface area contributed by atoms with Crippen LogP contribution < -0.4 is 0 Å². The maximum absolute atomic E-state index is 8.94. The molecule has 1 aliphatic heterocycles. The molecule has 4 heteroatoms. The van der Waals surface area contributed by atoms with Gasteiger partial charge in [0.2, 0.25) is 0 Å². The topological polar surface area (TPSA) is 36.6 Å². The van der Waals surface area contributed by atoms with Crippen molar-refractivity contribution in [1.29, 1.82) is 0 Å². The first-order valence-electron chi connectivity index (χ1n) is 5.75. The lowest BCUT2D eigenvalue weighted by Crippen LogP contribution is -2.30. The van der Waals surface area contributed by atoms with E-state index >= 15 is 0 Å². The van der Waals surface area contributed by atoms with Crippen LogP contribution >= 0.6 is 11.8 Å². The van der Waals surface area contributed by atoms with Gasteiger partial charge in [-0.05, 0) is 37.8 Å². The predicted molar refractivity (Wildman–Crippen MR) is 66.4 cm³/mol. The number of aliphatic hydroxyl groups excluding tert-OH is 1. The van der Waals surface area contributed by atoms with Crippen molar-refractivity contribution in [3.8, 4) is 0 Å². The van der Waals surface area contributed by atoms with Crippen LogP contribution in [-0.2, 0) is 13.2 Å². The Bertz CT molecular complexity index is 327. The molecule has 16 heavy (non-hydrogen) atoms. The molecule has 0 radical (unpaired) electrons. The third-order valence-corrected chi connectivity index (χ3v) is 3.81. The van der Waals surface area contributed by atoms with E-state index in [1.807, 2.05) is 23.9 Å². The summed E-state index contributed by atoms with van der Waals surface area (Å²) in [5, 5.41) is 8.94. The molecule has 0 spiro atoms. The van der Waals surface area contributed by atoms with Gasteiger partial charge in [0.05, 0.1) is 6.54 Å². The van der Waals surface area contributed by atoms with Gasteiger partial charge in [0.15, 0.2) is 0 Å². The first-order chi connectivity index (χ1) is 7.83. The molecule has 1 N–H and O–H groups in total. The highest BCUT2D eigenvalue weighted by Gasteiger charge is 2.24. The van der Waals surface area contributed by atoms with E-state index in [4.69, 9.17) is 9.52 Å². The Morgan fingerprint density at radius 1 is 1.50 bits per heavy atom. The molecule has 90 valence electrons. The van der Waals surface area contributed by atoms with Crippen LogP contribution in [0.4, 0.5) is 0 Å². The van der Waals surface area contributed by atoms with Crippen LogP contribution in [0.25, 0.3) is 0 Å². The number of rotatable bonds is 5. The van der Waals surface area contributed by atoms with Crippen molar-refractivity contribution in [2.45, 2.75) is 32.0 Å². The minimum absolute atomic E-state index is 0.00571. The molecule has 1 saturated heterocycles. The molecule has 3 nitrogen and oxygen atoms in total. The van der Waals surface area contributed by atoms with Gasteiger partial charge in [-0.15, -0.1) is 0 Å². The first-order valence-corrected chi connectivity index (χ1v) is 7.14. The zero-order valence-corrected chi connectivity index (χ0v) is 10.5. The first kappa shape index (κ1) is 12.0. The van der Waals surface area contributed by atoms with Gasteiger partial charge in [0.1, 0.15) is 18.1 Å². The molecule has 1 aromatic rings. The fourth-order valence-electron chi connectivity index (χ4n) is 2.28. The molecule has 0 aromatic carbocycles. The molecule has 1 fully saturated rings. The Kier molecular flexibility index (Phi) is 4.32. The number of likely N-dealkylation sites (tertiary alicyclic amines) is 1. The zero-order chi connectivity index (χ0) is 11.4. The summed E-state index contributed by atoms with van der Waals surface area (Å²) in [4.78, 5) is 2.48. The summed E-state index contributed by atoms with van der Waals surface area (Å²) in [6.45, 7) is 2.04. The van der Waals surface area contributed by atoms with E-state index < -0.39 is 0 Å². The summed E-state index contributed by atoms with van der Waals surface area (Å²) >= 11 is 1.91. The van der Waals surface area contributed by atoms with Gasteiger partial charge in [0, 0.05) is 11.8 Å². The summed E-state index contributed by atoms with van der Waals surface area (Å²) < 4.78 is 5.52. The highest BCUT2D eigenvalue weighted by molar-refractivity contribution is 7.98. The second-order valence-corrected chi connectivity index (χ2v) is 5.16. The van der Waals surface area contributed by atoms with Crippen LogP contribution in [0.3, 0.4) is 0 Å². The van der Waals surface area contributed by atoms with Crippen LogP contribution in [0, 0.1) is 0 Å². The number of thioether (sulfide) groups is 1. The largest absolute Gasteiger partial charge is 0.462 e. The van der Waals surface area contributed by atoms with E-state index in [1.54, 1.807) is 0 Å². The fourth-order valence-corrected chi connectivity index (χ4v) is 3.04.